The van der Waals surface area contributed by atoms with Crippen LogP contribution in [-0.2, 0) is 11.3 Å². The van der Waals surface area contributed by atoms with E-state index in [4.69, 9.17) is 17.3 Å². The Labute approximate surface area is 130 Å². The molecule has 1 aliphatic heterocycles. The van der Waals surface area contributed by atoms with E-state index in [1.807, 2.05) is 6.92 Å². The summed E-state index contributed by atoms with van der Waals surface area (Å²) < 4.78 is 1.79. The molecular weight excluding hydrogens is 288 g/mol. The second-order valence-corrected chi connectivity index (χ2v) is 6.39. The van der Waals surface area contributed by atoms with Gasteiger partial charge in [0.2, 0.25) is 5.91 Å². The topological polar surface area (TPSA) is 64.2 Å². The third kappa shape index (κ3) is 3.86. The SMILES string of the molecule is Cc1nn(CC(C)C)c(Cl)c1C=CC(=O)N1CCC(N)C1. The first-order valence-electron chi connectivity index (χ1n) is 7.34. The fourth-order valence-electron chi connectivity index (χ4n) is 2.47. The zero-order valence-corrected chi connectivity index (χ0v) is 13.6. The molecule has 1 aliphatic rings. The molecule has 116 valence electrons. The Morgan fingerprint density at radius 1 is 1.57 bits per heavy atom. The molecule has 0 spiro atoms. The number of carbonyl (C=O) groups excluding carboxylic acids is 1. The first-order valence-corrected chi connectivity index (χ1v) is 7.71. The zero-order chi connectivity index (χ0) is 15.6. The van der Waals surface area contributed by atoms with Crippen molar-refractivity contribution in [3.8, 4) is 0 Å². The number of hydrogen-bond acceptors (Lipinski definition) is 3. The first kappa shape index (κ1) is 16.0. The summed E-state index contributed by atoms with van der Waals surface area (Å²) in [5, 5.41) is 5.01. The third-order valence-electron chi connectivity index (χ3n) is 3.58. The normalized spacial score (nSPS) is 19.1. The summed E-state index contributed by atoms with van der Waals surface area (Å²) in [6, 6.07) is 0.0986. The Morgan fingerprint density at radius 3 is 2.86 bits per heavy atom. The van der Waals surface area contributed by atoms with Gasteiger partial charge in [0.15, 0.2) is 0 Å². The molecule has 5 nitrogen and oxygen atoms in total. The Hall–Kier alpha value is -1.33. The van der Waals surface area contributed by atoms with Gasteiger partial charge in [-0.1, -0.05) is 25.4 Å². The lowest BCUT2D eigenvalue weighted by molar-refractivity contribution is -0.124. The summed E-state index contributed by atoms with van der Waals surface area (Å²) in [6.07, 6.45) is 4.19. The number of hydrogen-bond donors (Lipinski definition) is 1. The van der Waals surface area contributed by atoms with Crippen molar-refractivity contribution < 1.29 is 4.79 Å². The molecule has 1 fully saturated rings. The quantitative estimate of drug-likeness (QED) is 0.866. The summed E-state index contributed by atoms with van der Waals surface area (Å²) in [7, 11) is 0. The minimum atomic E-state index is -0.0185. The molecule has 0 aliphatic carbocycles. The first-order chi connectivity index (χ1) is 9.88. The number of amides is 1. The molecule has 1 amide bonds. The second kappa shape index (κ2) is 6.62. The van der Waals surface area contributed by atoms with Crippen LogP contribution in [0.1, 0.15) is 31.5 Å². The van der Waals surface area contributed by atoms with Gasteiger partial charge in [0, 0.05) is 37.3 Å². The van der Waals surface area contributed by atoms with Crippen LogP contribution in [0, 0.1) is 12.8 Å². The second-order valence-electron chi connectivity index (χ2n) is 6.03. The highest BCUT2D eigenvalue weighted by atomic mass is 35.5. The van der Waals surface area contributed by atoms with Gasteiger partial charge in [-0.25, -0.2) is 0 Å². The maximum Gasteiger partial charge on any atom is 0.246 e. The lowest BCUT2D eigenvalue weighted by atomic mass is 10.2. The third-order valence-corrected chi connectivity index (χ3v) is 3.98. The van der Waals surface area contributed by atoms with Gasteiger partial charge in [-0.3, -0.25) is 9.48 Å². The van der Waals surface area contributed by atoms with Gasteiger partial charge in [-0.15, -0.1) is 0 Å². The van der Waals surface area contributed by atoms with E-state index in [1.165, 1.54) is 0 Å². The number of likely N-dealkylation sites (tertiary alicyclic amines) is 1. The van der Waals surface area contributed by atoms with E-state index < -0.39 is 0 Å². The Kier molecular flexibility index (Phi) is 5.06. The molecule has 0 bridgehead atoms. The average molecular weight is 311 g/mol. The fraction of sp³-hybridized carbons (Fsp3) is 0.600. The number of rotatable bonds is 4. The van der Waals surface area contributed by atoms with E-state index in [-0.39, 0.29) is 11.9 Å². The van der Waals surface area contributed by atoms with E-state index in [0.717, 1.165) is 30.8 Å². The summed E-state index contributed by atoms with van der Waals surface area (Å²) in [6.45, 7) is 8.25. The Morgan fingerprint density at radius 2 is 2.29 bits per heavy atom. The molecule has 1 aromatic rings. The summed E-state index contributed by atoms with van der Waals surface area (Å²) in [5.41, 5.74) is 7.47. The van der Waals surface area contributed by atoms with Crippen molar-refractivity contribution in [2.45, 2.75) is 39.8 Å². The number of carbonyl (C=O) groups is 1. The summed E-state index contributed by atoms with van der Waals surface area (Å²) in [5.74, 6) is 0.446. The number of nitrogens with zero attached hydrogens (tertiary/aromatic N) is 3. The van der Waals surface area contributed by atoms with Crippen molar-refractivity contribution in [3.63, 3.8) is 0 Å². The molecule has 6 heteroatoms. The van der Waals surface area contributed by atoms with E-state index in [0.29, 0.717) is 17.6 Å². The number of halogens is 1. The highest BCUT2D eigenvalue weighted by Crippen LogP contribution is 2.22. The lowest BCUT2D eigenvalue weighted by Crippen LogP contribution is -2.30. The molecular formula is C15H23ClN4O. The van der Waals surface area contributed by atoms with Crippen molar-refractivity contribution in [1.29, 1.82) is 0 Å². The van der Waals surface area contributed by atoms with E-state index in [2.05, 4.69) is 18.9 Å². The van der Waals surface area contributed by atoms with Gasteiger partial charge in [0.1, 0.15) is 5.15 Å². The molecule has 0 saturated carbocycles. The van der Waals surface area contributed by atoms with Gasteiger partial charge in [-0.2, -0.15) is 5.10 Å². The van der Waals surface area contributed by atoms with Crippen molar-refractivity contribution in [2.24, 2.45) is 11.7 Å². The number of nitrogens with two attached hydrogens (primary N) is 1. The maximum atomic E-state index is 12.1. The largest absolute Gasteiger partial charge is 0.338 e. The van der Waals surface area contributed by atoms with Crippen LogP contribution >= 0.6 is 11.6 Å². The van der Waals surface area contributed by atoms with Crippen LogP contribution in [0.2, 0.25) is 5.15 Å². The molecule has 1 saturated heterocycles. The average Bonchev–Trinajstić information content (AvgIpc) is 2.93. The van der Waals surface area contributed by atoms with Crippen molar-refractivity contribution in [2.75, 3.05) is 13.1 Å². The number of aryl methyl sites for hydroxylation is 1. The van der Waals surface area contributed by atoms with Gasteiger partial charge in [0.25, 0.3) is 0 Å². The van der Waals surface area contributed by atoms with E-state index in [1.54, 1.807) is 21.7 Å². The van der Waals surface area contributed by atoms with Gasteiger partial charge >= 0.3 is 0 Å². The van der Waals surface area contributed by atoms with Crippen LogP contribution in [0.15, 0.2) is 6.08 Å². The smallest absolute Gasteiger partial charge is 0.246 e. The van der Waals surface area contributed by atoms with Crippen LogP contribution in [0.3, 0.4) is 0 Å². The standard InChI is InChI=1S/C15H23ClN4O/c1-10(2)8-20-15(16)13(11(3)18-20)4-5-14(21)19-7-6-12(17)9-19/h4-5,10,12H,6-9,17H2,1-3H3. The van der Waals surface area contributed by atoms with Crippen LogP contribution < -0.4 is 5.73 Å². The van der Waals surface area contributed by atoms with Crippen molar-refractivity contribution in [1.82, 2.24) is 14.7 Å². The van der Waals surface area contributed by atoms with Crippen molar-refractivity contribution >= 4 is 23.6 Å². The minimum absolute atomic E-state index is 0.0185. The van der Waals surface area contributed by atoms with E-state index in [9.17, 15) is 4.79 Å². The molecule has 1 atom stereocenters. The van der Waals surface area contributed by atoms with Gasteiger partial charge in [0.05, 0.1) is 5.69 Å². The molecule has 2 rings (SSSR count). The predicted octanol–water partition coefficient (Wildman–Crippen LogP) is 2.07. The van der Waals surface area contributed by atoms with E-state index >= 15 is 0 Å². The Balaban J connectivity index is 2.10. The Bertz CT molecular complexity index is 550. The highest BCUT2D eigenvalue weighted by molar-refractivity contribution is 6.31. The monoisotopic (exact) mass is 310 g/mol. The van der Waals surface area contributed by atoms with Crippen LogP contribution in [-0.4, -0.2) is 39.7 Å². The number of aromatic nitrogens is 2. The predicted molar refractivity (Wildman–Crippen MR) is 85.0 cm³/mol. The van der Waals surface area contributed by atoms with Crippen LogP contribution in [0.25, 0.3) is 6.08 Å². The van der Waals surface area contributed by atoms with Gasteiger partial charge in [-0.05, 0) is 25.3 Å². The van der Waals surface area contributed by atoms with Crippen LogP contribution in [0.5, 0.6) is 0 Å². The molecule has 2 N–H and O–H groups in total. The van der Waals surface area contributed by atoms with Crippen molar-refractivity contribution in [3.05, 3.63) is 22.5 Å². The summed E-state index contributed by atoms with van der Waals surface area (Å²) in [4.78, 5) is 13.9. The molecule has 0 aromatic carbocycles. The minimum Gasteiger partial charge on any atom is -0.338 e. The van der Waals surface area contributed by atoms with Crippen LogP contribution in [0.4, 0.5) is 0 Å². The fourth-order valence-corrected chi connectivity index (χ4v) is 2.78. The molecule has 0 radical (unpaired) electrons. The zero-order valence-electron chi connectivity index (χ0n) is 12.8. The molecule has 21 heavy (non-hydrogen) atoms. The lowest BCUT2D eigenvalue weighted by Gasteiger charge is -2.12. The molecule has 2 heterocycles. The highest BCUT2D eigenvalue weighted by Gasteiger charge is 2.22. The molecule has 1 aromatic heterocycles. The van der Waals surface area contributed by atoms with Gasteiger partial charge < -0.3 is 10.6 Å². The molecule has 1 unspecified atom stereocenters. The maximum absolute atomic E-state index is 12.1. The summed E-state index contributed by atoms with van der Waals surface area (Å²) >= 11 is 6.34.